The van der Waals surface area contributed by atoms with E-state index in [9.17, 15) is 9.18 Å². The number of carbonyl (C=O) groups is 1. The number of para-hydroxylation sites is 1. The fourth-order valence-corrected chi connectivity index (χ4v) is 3.63. The van der Waals surface area contributed by atoms with Crippen LogP contribution in [0.1, 0.15) is 34.6 Å². The summed E-state index contributed by atoms with van der Waals surface area (Å²) in [5.41, 5.74) is 2.78. The third-order valence-corrected chi connectivity index (χ3v) is 5.11. The molecule has 1 aromatic heterocycles. The SMILES string of the molecule is Cc1ccccc1-n1c(C)nnc1SCCCC(=O)c1ccc(F)cc1. The number of benzene rings is 2. The van der Waals surface area contributed by atoms with Gasteiger partial charge in [0.15, 0.2) is 10.9 Å². The number of rotatable bonds is 7. The van der Waals surface area contributed by atoms with Crippen molar-refractivity contribution in [2.75, 3.05) is 5.75 Å². The summed E-state index contributed by atoms with van der Waals surface area (Å²) in [6, 6.07) is 13.8. The van der Waals surface area contributed by atoms with Crippen molar-refractivity contribution in [3.63, 3.8) is 0 Å². The van der Waals surface area contributed by atoms with E-state index in [4.69, 9.17) is 0 Å². The van der Waals surface area contributed by atoms with E-state index in [0.717, 1.165) is 34.4 Å². The van der Waals surface area contributed by atoms with Crippen LogP contribution < -0.4 is 0 Å². The van der Waals surface area contributed by atoms with Gasteiger partial charge in [-0.15, -0.1) is 10.2 Å². The van der Waals surface area contributed by atoms with Gasteiger partial charge in [-0.1, -0.05) is 30.0 Å². The summed E-state index contributed by atoms with van der Waals surface area (Å²) in [5, 5.41) is 9.29. The predicted octanol–water partition coefficient (Wildman–Crippen LogP) is 4.78. The van der Waals surface area contributed by atoms with Gasteiger partial charge in [-0.25, -0.2) is 4.39 Å². The molecule has 0 radical (unpaired) electrons. The van der Waals surface area contributed by atoms with Crippen molar-refractivity contribution in [2.24, 2.45) is 0 Å². The number of ketones is 1. The van der Waals surface area contributed by atoms with E-state index < -0.39 is 0 Å². The number of nitrogens with zero attached hydrogens (tertiary/aromatic N) is 3. The Morgan fingerprint density at radius 1 is 1.08 bits per heavy atom. The number of aryl methyl sites for hydroxylation is 2. The van der Waals surface area contributed by atoms with Crippen LogP contribution in [0.3, 0.4) is 0 Å². The highest BCUT2D eigenvalue weighted by atomic mass is 32.2. The van der Waals surface area contributed by atoms with Crippen LogP contribution in [-0.2, 0) is 0 Å². The number of halogens is 1. The van der Waals surface area contributed by atoms with E-state index in [0.29, 0.717) is 12.0 Å². The molecule has 3 aromatic rings. The molecule has 0 amide bonds. The number of carbonyl (C=O) groups excluding carboxylic acids is 1. The summed E-state index contributed by atoms with van der Waals surface area (Å²) in [6.45, 7) is 3.99. The first-order valence-electron chi connectivity index (χ1n) is 8.46. The predicted molar refractivity (Wildman–Crippen MR) is 102 cm³/mol. The van der Waals surface area contributed by atoms with Crippen molar-refractivity contribution in [2.45, 2.75) is 31.8 Å². The minimum atomic E-state index is -0.331. The molecular formula is C20H20FN3OS. The molecule has 0 bridgehead atoms. The fraction of sp³-hybridized carbons (Fsp3) is 0.250. The Morgan fingerprint density at radius 2 is 1.81 bits per heavy atom. The maximum Gasteiger partial charge on any atom is 0.195 e. The second-order valence-corrected chi connectivity index (χ2v) is 7.10. The van der Waals surface area contributed by atoms with Crippen LogP contribution in [0.5, 0.6) is 0 Å². The molecule has 0 atom stereocenters. The minimum absolute atomic E-state index is 0.0298. The third kappa shape index (κ3) is 4.19. The zero-order valence-corrected chi connectivity index (χ0v) is 15.6. The molecule has 2 aromatic carbocycles. The first-order valence-corrected chi connectivity index (χ1v) is 9.44. The van der Waals surface area contributed by atoms with Crippen molar-refractivity contribution in [3.05, 3.63) is 71.3 Å². The Hall–Kier alpha value is -2.47. The van der Waals surface area contributed by atoms with Crippen molar-refractivity contribution in [1.82, 2.24) is 14.8 Å². The molecule has 0 N–H and O–H groups in total. The van der Waals surface area contributed by atoms with Crippen molar-refractivity contribution in [1.29, 1.82) is 0 Å². The largest absolute Gasteiger partial charge is 0.294 e. The number of hydrogen-bond acceptors (Lipinski definition) is 4. The van der Waals surface area contributed by atoms with Gasteiger partial charge in [0, 0.05) is 17.7 Å². The van der Waals surface area contributed by atoms with Gasteiger partial charge in [0.25, 0.3) is 0 Å². The van der Waals surface area contributed by atoms with E-state index in [2.05, 4.69) is 23.2 Å². The normalized spacial score (nSPS) is 10.9. The molecule has 0 aliphatic rings. The van der Waals surface area contributed by atoms with E-state index in [1.165, 1.54) is 24.3 Å². The molecule has 0 aliphatic carbocycles. The number of hydrogen-bond donors (Lipinski definition) is 0. The maximum absolute atomic E-state index is 12.9. The Kier molecular flexibility index (Phi) is 5.83. The standard InChI is InChI=1S/C20H20FN3OS/c1-14-6-3-4-7-18(14)24-15(2)22-23-20(24)26-13-5-8-19(25)16-9-11-17(21)12-10-16/h3-4,6-7,9-12H,5,8,13H2,1-2H3. The highest BCUT2D eigenvalue weighted by molar-refractivity contribution is 7.99. The molecule has 0 aliphatic heterocycles. The number of Topliss-reactive ketones (excluding diaryl/α,β-unsaturated/α-hetero) is 1. The summed E-state index contributed by atoms with van der Waals surface area (Å²) >= 11 is 1.59. The van der Waals surface area contributed by atoms with Crippen LogP contribution >= 0.6 is 11.8 Å². The Morgan fingerprint density at radius 3 is 2.54 bits per heavy atom. The van der Waals surface area contributed by atoms with Crippen LogP contribution in [0.4, 0.5) is 4.39 Å². The van der Waals surface area contributed by atoms with Crippen molar-refractivity contribution >= 4 is 17.5 Å². The first-order chi connectivity index (χ1) is 12.6. The van der Waals surface area contributed by atoms with Gasteiger partial charge in [0.2, 0.25) is 0 Å². The molecule has 4 nitrogen and oxygen atoms in total. The first kappa shape index (κ1) is 18.3. The number of thioether (sulfide) groups is 1. The quantitative estimate of drug-likeness (QED) is 0.342. The van der Waals surface area contributed by atoms with E-state index in [1.807, 2.05) is 29.7 Å². The number of aromatic nitrogens is 3. The lowest BCUT2D eigenvalue weighted by Crippen LogP contribution is -2.02. The summed E-state index contributed by atoms with van der Waals surface area (Å²) < 4.78 is 15.0. The zero-order valence-electron chi connectivity index (χ0n) is 14.8. The molecule has 0 fully saturated rings. The van der Waals surface area contributed by atoms with Gasteiger partial charge in [-0.2, -0.15) is 0 Å². The van der Waals surface area contributed by atoms with Gasteiger partial charge < -0.3 is 0 Å². The minimum Gasteiger partial charge on any atom is -0.294 e. The van der Waals surface area contributed by atoms with Crippen LogP contribution in [0, 0.1) is 19.7 Å². The molecule has 6 heteroatoms. The Bertz CT molecular complexity index is 906. The Balaban J connectivity index is 1.60. The molecule has 134 valence electrons. The summed E-state index contributed by atoms with van der Waals surface area (Å²) in [4.78, 5) is 12.1. The smallest absolute Gasteiger partial charge is 0.195 e. The summed E-state index contributed by atoms with van der Waals surface area (Å²) in [5.74, 6) is 1.30. The molecule has 0 saturated carbocycles. The van der Waals surface area contributed by atoms with Gasteiger partial charge in [-0.3, -0.25) is 9.36 Å². The van der Waals surface area contributed by atoms with E-state index in [1.54, 1.807) is 11.8 Å². The topological polar surface area (TPSA) is 47.8 Å². The lowest BCUT2D eigenvalue weighted by atomic mass is 10.1. The van der Waals surface area contributed by atoms with E-state index >= 15 is 0 Å². The van der Waals surface area contributed by atoms with Gasteiger partial charge in [-0.05, 0) is 56.2 Å². The van der Waals surface area contributed by atoms with Crippen LogP contribution in [-0.4, -0.2) is 26.3 Å². The van der Waals surface area contributed by atoms with Crippen LogP contribution in [0.2, 0.25) is 0 Å². The summed E-state index contributed by atoms with van der Waals surface area (Å²) in [7, 11) is 0. The maximum atomic E-state index is 12.9. The molecule has 0 unspecified atom stereocenters. The second kappa shape index (κ2) is 8.27. The van der Waals surface area contributed by atoms with Gasteiger partial charge >= 0.3 is 0 Å². The summed E-state index contributed by atoms with van der Waals surface area (Å²) in [6.07, 6.45) is 1.15. The third-order valence-electron chi connectivity index (χ3n) is 4.10. The average molecular weight is 369 g/mol. The van der Waals surface area contributed by atoms with Gasteiger partial charge in [0.1, 0.15) is 11.6 Å². The monoisotopic (exact) mass is 369 g/mol. The average Bonchev–Trinajstić information content (AvgIpc) is 3.00. The molecule has 3 rings (SSSR count). The Labute approximate surface area is 156 Å². The molecule has 26 heavy (non-hydrogen) atoms. The zero-order chi connectivity index (χ0) is 18.5. The van der Waals surface area contributed by atoms with Crippen molar-refractivity contribution in [3.8, 4) is 5.69 Å². The lowest BCUT2D eigenvalue weighted by Gasteiger charge is -2.11. The fourth-order valence-electron chi connectivity index (χ4n) is 2.70. The molecule has 0 saturated heterocycles. The molecule has 1 heterocycles. The van der Waals surface area contributed by atoms with E-state index in [-0.39, 0.29) is 11.6 Å². The lowest BCUT2D eigenvalue weighted by molar-refractivity contribution is 0.0982. The second-order valence-electron chi connectivity index (χ2n) is 6.03. The molecular weight excluding hydrogens is 349 g/mol. The van der Waals surface area contributed by atoms with Crippen molar-refractivity contribution < 1.29 is 9.18 Å². The highest BCUT2D eigenvalue weighted by Crippen LogP contribution is 2.24. The van der Waals surface area contributed by atoms with Gasteiger partial charge in [0.05, 0.1) is 5.69 Å². The molecule has 0 spiro atoms. The van der Waals surface area contributed by atoms with Crippen LogP contribution in [0.25, 0.3) is 5.69 Å². The van der Waals surface area contributed by atoms with Crippen LogP contribution in [0.15, 0.2) is 53.7 Å². The highest BCUT2D eigenvalue weighted by Gasteiger charge is 2.13.